The second kappa shape index (κ2) is 5.39. The summed E-state index contributed by atoms with van der Waals surface area (Å²) < 4.78 is 2.07. The molecule has 1 N–H and O–H groups in total. The zero-order chi connectivity index (χ0) is 13.2. The fourth-order valence-corrected chi connectivity index (χ4v) is 3.42. The molecule has 102 valence electrons. The van der Waals surface area contributed by atoms with E-state index >= 15 is 0 Å². The molecule has 1 heterocycles. The van der Waals surface area contributed by atoms with Crippen LogP contribution >= 0.6 is 0 Å². The van der Waals surface area contributed by atoms with Crippen molar-refractivity contribution in [3.05, 3.63) is 11.9 Å². The number of aryl methyl sites for hydroxylation is 1. The molecule has 2 unspecified atom stereocenters. The lowest BCUT2D eigenvalue weighted by molar-refractivity contribution is 0.197. The summed E-state index contributed by atoms with van der Waals surface area (Å²) in [5, 5.41) is 11.8. The van der Waals surface area contributed by atoms with Gasteiger partial charge >= 0.3 is 0 Å². The first-order chi connectivity index (χ1) is 8.60. The predicted octanol–water partition coefficient (Wildman–Crippen LogP) is 2.77. The molecule has 2 rings (SSSR count). The van der Waals surface area contributed by atoms with Crippen molar-refractivity contribution in [1.29, 1.82) is 0 Å². The van der Waals surface area contributed by atoms with Crippen LogP contribution in [0.2, 0.25) is 0 Å². The molecule has 0 bridgehead atoms. The fourth-order valence-electron chi connectivity index (χ4n) is 3.42. The second-order valence-corrected chi connectivity index (χ2v) is 6.14. The van der Waals surface area contributed by atoms with Crippen molar-refractivity contribution >= 4 is 0 Å². The maximum atomic E-state index is 4.22. The first kappa shape index (κ1) is 13.5. The molecule has 18 heavy (non-hydrogen) atoms. The molecular weight excluding hydrogens is 224 g/mol. The van der Waals surface area contributed by atoms with E-state index in [1.54, 1.807) is 0 Å². The molecule has 4 nitrogen and oxygen atoms in total. The van der Waals surface area contributed by atoms with Crippen molar-refractivity contribution in [2.24, 2.45) is 11.3 Å². The van der Waals surface area contributed by atoms with Gasteiger partial charge < -0.3 is 5.32 Å². The number of nitrogens with zero attached hydrogens (tertiary/aromatic N) is 3. The molecule has 0 amide bonds. The molecule has 1 fully saturated rings. The standard InChI is InChI=1S/C14H26N4/c1-5-9-18-12(10-16-17-18)13(15-4)11-7-6-8-14(11,2)3/h10-11,13,15H,5-9H2,1-4H3. The Morgan fingerprint density at radius 3 is 2.89 bits per heavy atom. The minimum absolute atomic E-state index is 0.379. The molecule has 1 aromatic rings. The quantitative estimate of drug-likeness (QED) is 0.874. The molecule has 0 aliphatic heterocycles. The van der Waals surface area contributed by atoms with E-state index in [1.165, 1.54) is 25.0 Å². The van der Waals surface area contributed by atoms with Gasteiger partial charge in [-0.05, 0) is 37.6 Å². The van der Waals surface area contributed by atoms with Gasteiger partial charge in [0.15, 0.2) is 0 Å². The van der Waals surface area contributed by atoms with Gasteiger partial charge in [-0.15, -0.1) is 5.10 Å². The summed E-state index contributed by atoms with van der Waals surface area (Å²) >= 11 is 0. The van der Waals surface area contributed by atoms with Crippen LogP contribution in [0.1, 0.15) is 58.2 Å². The summed E-state index contributed by atoms with van der Waals surface area (Å²) in [4.78, 5) is 0. The van der Waals surface area contributed by atoms with Crippen molar-refractivity contribution < 1.29 is 0 Å². The molecule has 0 saturated heterocycles. The lowest BCUT2D eigenvalue weighted by atomic mass is 9.76. The van der Waals surface area contributed by atoms with Gasteiger partial charge in [0.2, 0.25) is 0 Å². The highest BCUT2D eigenvalue weighted by Gasteiger charge is 2.40. The van der Waals surface area contributed by atoms with Crippen LogP contribution in [0.15, 0.2) is 6.20 Å². The normalized spacial score (nSPS) is 24.3. The Morgan fingerprint density at radius 2 is 2.33 bits per heavy atom. The Hall–Kier alpha value is -0.900. The lowest BCUT2D eigenvalue weighted by Gasteiger charge is -2.34. The largest absolute Gasteiger partial charge is 0.311 e. The Morgan fingerprint density at radius 1 is 1.56 bits per heavy atom. The number of nitrogens with one attached hydrogen (secondary N) is 1. The van der Waals surface area contributed by atoms with Crippen molar-refractivity contribution in [1.82, 2.24) is 20.3 Å². The van der Waals surface area contributed by atoms with E-state index in [0.29, 0.717) is 17.4 Å². The van der Waals surface area contributed by atoms with E-state index < -0.39 is 0 Å². The van der Waals surface area contributed by atoms with E-state index in [0.717, 1.165) is 13.0 Å². The molecule has 1 aliphatic carbocycles. The van der Waals surface area contributed by atoms with Gasteiger partial charge in [-0.25, -0.2) is 4.68 Å². The number of hydrogen-bond donors (Lipinski definition) is 1. The summed E-state index contributed by atoms with van der Waals surface area (Å²) in [6.07, 6.45) is 7.00. The first-order valence-electron chi connectivity index (χ1n) is 7.15. The maximum absolute atomic E-state index is 4.22. The Kier molecular flexibility index (Phi) is 4.05. The van der Waals surface area contributed by atoms with Crippen LogP contribution in [0.3, 0.4) is 0 Å². The third kappa shape index (κ3) is 2.44. The van der Waals surface area contributed by atoms with Crippen molar-refractivity contribution in [3.63, 3.8) is 0 Å². The molecular formula is C14H26N4. The Labute approximate surface area is 110 Å². The van der Waals surface area contributed by atoms with Gasteiger partial charge in [-0.2, -0.15) is 0 Å². The van der Waals surface area contributed by atoms with Gasteiger partial charge in [0.05, 0.1) is 17.9 Å². The average Bonchev–Trinajstić information content (AvgIpc) is 2.89. The number of rotatable bonds is 5. The Bertz CT molecular complexity index is 383. The molecule has 0 radical (unpaired) electrons. The predicted molar refractivity (Wildman–Crippen MR) is 73.2 cm³/mol. The summed E-state index contributed by atoms with van der Waals surface area (Å²) in [6.45, 7) is 7.92. The van der Waals surface area contributed by atoms with Crippen LogP contribution in [-0.4, -0.2) is 22.0 Å². The van der Waals surface area contributed by atoms with Crippen LogP contribution in [0, 0.1) is 11.3 Å². The van der Waals surface area contributed by atoms with Gasteiger partial charge in [0, 0.05) is 6.54 Å². The van der Waals surface area contributed by atoms with Crippen LogP contribution in [0.5, 0.6) is 0 Å². The van der Waals surface area contributed by atoms with E-state index in [1.807, 2.05) is 6.20 Å². The smallest absolute Gasteiger partial charge is 0.0759 e. The molecule has 0 aromatic carbocycles. The maximum Gasteiger partial charge on any atom is 0.0759 e. The van der Waals surface area contributed by atoms with E-state index in [-0.39, 0.29) is 0 Å². The van der Waals surface area contributed by atoms with Gasteiger partial charge in [-0.3, -0.25) is 0 Å². The molecule has 1 saturated carbocycles. The summed E-state index contributed by atoms with van der Waals surface area (Å²) in [6, 6.07) is 0.379. The topological polar surface area (TPSA) is 42.7 Å². The van der Waals surface area contributed by atoms with E-state index in [9.17, 15) is 0 Å². The zero-order valence-electron chi connectivity index (χ0n) is 12.1. The summed E-state index contributed by atoms with van der Waals surface area (Å²) in [5.41, 5.74) is 1.66. The molecule has 1 aliphatic rings. The average molecular weight is 250 g/mol. The van der Waals surface area contributed by atoms with Crippen LogP contribution < -0.4 is 5.32 Å². The Balaban J connectivity index is 2.25. The van der Waals surface area contributed by atoms with Crippen molar-refractivity contribution in [3.8, 4) is 0 Å². The summed E-state index contributed by atoms with van der Waals surface area (Å²) in [5.74, 6) is 0.677. The second-order valence-electron chi connectivity index (χ2n) is 6.14. The van der Waals surface area contributed by atoms with Gasteiger partial charge in [0.1, 0.15) is 0 Å². The minimum Gasteiger partial charge on any atom is -0.311 e. The fraction of sp³-hybridized carbons (Fsp3) is 0.857. The molecule has 4 heteroatoms. The molecule has 2 atom stereocenters. The molecule has 0 spiro atoms. The van der Waals surface area contributed by atoms with Crippen LogP contribution in [0.25, 0.3) is 0 Å². The van der Waals surface area contributed by atoms with Crippen molar-refractivity contribution in [2.75, 3.05) is 7.05 Å². The van der Waals surface area contributed by atoms with E-state index in [2.05, 4.69) is 48.1 Å². The van der Waals surface area contributed by atoms with Crippen molar-refractivity contribution in [2.45, 2.75) is 59.0 Å². The summed E-state index contributed by atoms with van der Waals surface area (Å²) in [7, 11) is 2.06. The van der Waals surface area contributed by atoms with Crippen LogP contribution in [0.4, 0.5) is 0 Å². The first-order valence-corrected chi connectivity index (χ1v) is 7.15. The third-order valence-electron chi connectivity index (χ3n) is 4.46. The van der Waals surface area contributed by atoms with Gasteiger partial charge in [-0.1, -0.05) is 32.4 Å². The third-order valence-corrected chi connectivity index (χ3v) is 4.46. The monoisotopic (exact) mass is 250 g/mol. The highest BCUT2D eigenvalue weighted by atomic mass is 15.4. The van der Waals surface area contributed by atoms with Gasteiger partial charge in [0.25, 0.3) is 0 Å². The highest BCUT2D eigenvalue weighted by molar-refractivity contribution is 5.08. The lowest BCUT2D eigenvalue weighted by Crippen LogP contribution is -2.33. The minimum atomic E-state index is 0.379. The van der Waals surface area contributed by atoms with Crippen LogP contribution in [-0.2, 0) is 6.54 Å². The number of aromatic nitrogens is 3. The zero-order valence-corrected chi connectivity index (χ0v) is 12.1. The SMILES string of the molecule is CCCn1nncc1C(NC)C1CCCC1(C)C. The highest BCUT2D eigenvalue weighted by Crippen LogP contribution is 2.48. The van der Waals surface area contributed by atoms with E-state index in [4.69, 9.17) is 0 Å². The number of hydrogen-bond acceptors (Lipinski definition) is 3. The molecule has 1 aromatic heterocycles.